The smallest absolute Gasteiger partial charge is 0.284 e. The van der Waals surface area contributed by atoms with Gasteiger partial charge in [-0.3, -0.25) is 4.79 Å². The lowest BCUT2D eigenvalue weighted by atomic mass is 10.1. The highest BCUT2D eigenvalue weighted by molar-refractivity contribution is 7.11. The number of para-hydroxylation sites is 1. The minimum Gasteiger partial charge on any atom is -0.319 e. The zero-order valence-corrected chi connectivity index (χ0v) is 10.9. The van der Waals surface area contributed by atoms with Crippen LogP contribution in [0.25, 0.3) is 0 Å². The van der Waals surface area contributed by atoms with Crippen molar-refractivity contribution >= 4 is 22.9 Å². The van der Waals surface area contributed by atoms with Crippen molar-refractivity contribution in [3.05, 3.63) is 45.4 Å². The Hall–Kier alpha value is -1.68. The molecular formula is C13H14N2OS. The second-order valence-corrected chi connectivity index (χ2v) is 4.87. The van der Waals surface area contributed by atoms with E-state index >= 15 is 0 Å². The first kappa shape index (κ1) is 11.8. The molecule has 2 aromatic rings. The van der Waals surface area contributed by atoms with Gasteiger partial charge in [0.25, 0.3) is 5.91 Å². The van der Waals surface area contributed by atoms with Crippen LogP contribution in [0.4, 0.5) is 5.69 Å². The number of nitrogens with one attached hydrogen (secondary N) is 1. The number of aryl methyl sites for hydroxylation is 3. The summed E-state index contributed by atoms with van der Waals surface area (Å²) in [6.07, 6.45) is 0. The third-order valence-electron chi connectivity index (χ3n) is 2.53. The molecule has 88 valence electrons. The van der Waals surface area contributed by atoms with Crippen LogP contribution >= 0.6 is 11.3 Å². The fourth-order valence-electron chi connectivity index (χ4n) is 1.64. The summed E-state index contributed by atoms with van der Waals surface area (Å²) in [6.45, 7) is 5.84. The van der Waals surface area contributed by atoms with E-state index in [2.05, 4.69) is 10.3 Å². The van der Waals surface area contributed by atoms with Crippen molar-refractivity contribution in [1.29, 1.82) is 0 Å². The lowest BCUT2D eigenvalue weighted by molar-refractivity contribution is 0.102. The monoisotopic (exact) mass is 246 g/mol. The van der Waals surface area contributed by atoms with Gasteiger partial charge in [0, 0.05) is 16.8 Å². The van der Waals surface area contributed by atoms with Crippen LogP contribution in [0.15, 0.2) is 23.6 Å². The lowest BCUT2D eigenvalue weighted by Gasteiger charge is -2.09. The number of nitrogens with zero attached hydrogens (tertiary/aromatic N) is 1. The Bertz CT molecular complexity index is 540. The molecule has 3 nitrogen and oxygen atoms in total. The predicted octanol–water partition coefficient (Wildman–Crippen LogP) is 3.32. The zero-order valence-electron chi connectivity index (χ0n) is 10.1. The second kappa shape index (κ2) is 4.67. The van der Waals surface area contributed by atoms with Crippen LogP contribution in [-0.4, -0.2) is 10.9 Å². The van der Waals surface area contributed by atoms with E-state index < -0.39 is 0 Å². The number of thiazole rings is 1. The molecule has 0 aliphatic rings. The van der Waals surface area contributed by atoms with Crippen LogP contribution in [0, 0.1) is 20.8 Å². The SMILES string of the molecule is Cc1csc(C(=O)Nc2c(C)cccc2C)n1. The standard InChI is InChI=1S/C13H14N2OS/c1-8-5-4-6-9(2)11(8)15-12(16)13-14-10(3)7-17-13/h4-7H,1-3H3,(H,15,16). The highest BCUT2D eigenvalue weighted by atomic mass is 32.1. The molecule has 1 amide bonds. The van der Waals surface area contributed by atoms with Crippen LogP contribution < -0.4 is 5.32 Å². The Labute approximate surface area is 105 Å². The summed E-state index contributed by atoms with van der Waals surface area (Å²) in [5.41, 5.74) is 3.88. The molecule has 1 aromatic carbocycles. The molecule has 0 saturated carbocycles. The van der Waals surface area contributed by atoms with Crippen molar-refractivity contribution in [2.45, 2.75) is 20.8 Å². The Kier molecular flexibility index (Phi) is 3.24. The third-order valence-corrected chi connectivity index (χ3v) is 3.49. The number of carbonyl (C=O) groups excluding carboxylic acids is 1. The highest BCUT2D eigenvalue weighted by Gasteiger charge is 2.12. The molecule has 0 unspecified atom stereocenters. The topological polar surface area (TPSA) is 42.0 Å². The number of anilines is 1. The minimum atomic E-state index is -0.138. The molecule has 1 aromatic heterocycles. The summed E-state index contributed by atoms with van der Waals surface area (Å²) in [6, 6.07) is 5.94. The molecule has 1 heterocycles. The second-order valence-electron chi connectivity index (χ2n) is 4.01. The summed E-state index contributed by atoms with van der Waals surface area (Å²) in [5.74, 6) is -0.138. The van der Waals surface area contributed by atoms with E-state index in [1.165, 1.54) is 11.3 Å². The number of rotatable bonds is 2. The van der Waals surface area contributed by atoms with Gasteiger partial charge in [-0.05, 0) is 31.9 Å². The number of hydrogen-bond acceptors (Lipinski definition) is 3. The molecule has 0 atom stereocenters. The fraction of sp³-hybridized carbons (Fsp3) is 0.231. The van der Waals surface area contributed by atoms with Gasteiger partial charge in [0.05, 0.1) is 0 Å². The Balaban J connectivity index is 2.24. The minimum absolute atomic E-state index is 0.138. The third kappa shape index (κ3) is 2.53. The Morgan fingerprint density at radius 2 is 1.88 bits per heavy atom. The molecule has 2 rings (SSSR count). The van der Waals surface area contributed by atoms with E-state index in [4.69, 9.17) is 0 Å². The molecule has 0 aliphatic heterocycles. The first-order chi connectivity index (χ1) is 8.08. The molecule has 0 bridgehead atoms. The maximum Gasteiger partial charge on any atom is 0.284 e. The summed E-state index contributed by atoms with van der Waals surface area (Å²) < 4.78 is 0. The van der Waals surface area contributed by atoms with E-state index in [-0.39, 0.29) is 5.91 Å². The van der Waals surface area contributed by atoms with Gasteiger partial charge < -0.3 is 5.32 Å². The van der Waals surface area contributed by atoms with E-state index in [9.17, 15) is 4.79 Å². The first-order valence-electron chi connectivity index (χ1n) is 5.37. The average Bonchev–Trinajstić information content (AvgIpc) is 2.70. The molecule has 0 aliphatic carbocycles. The van der Waals surface area contributed by atoms with Crippen molar-refractivity contribution in [2.24, 2.45) is 0 Å². The van der Waals surface area contributed by atoms with Crippen LogP contribution in [0.1, 0.15) is 26.6 Å². The van der Waals surface area contributed by atoms with Crippen LogP contribution in [0.5, 0.6) is 0 Å². The van der Waals surface area contributed by atoms with E-state index in [1.54, 1.807) is 0 Å². The van der Waals surface area contributed by atoms with E-state index in [0.717, 1.165) is 22.5 Å². The summed E-state index contributed by atoms with van der Waals surface area (Å²) >= 11 is 1.37. The van der Waals surface area contributed by atoms with E-state index in [0.29, 0.717) is 5.01 Å². The van der Waals surface area contributed by atoms with Crippen molar-refractivity contribution < 1.29 is 4.79 Å². The van der Waals surface area contributed by atoms with Gasteiger partial charge in [-0.1, -0.05) is 18.2 Å². The number of benzene rings is 1. The van der Waals surface area contributed by atoms with Crippen LogP contribution in [-0.2, 0) is 0 Å². The lowest BCUT2D eigenvalue weighted by Crippen LogP contribution is -2.13. The molecule has 0 saturated heterocycles. The summed E-state index contributed by atoms with van der Waals surface area (Å²) in [5, 5.41) is 5.30. The number of amides is 1. The highest BCUT2D eigenvalue weighted by Crippen LogP contribution is 2.21. The van der Waals surface area contributed by atoms with Gasteiger partial charge in [-0.25, -0.2) is 4.98 Å². The van der Waals surface area contributed by atoms with Gasteiger partial charge in [-0.2, -0.15) is 0 Å². The van der Waals surface area contributed by atoms with Crippen molar-refractivity contribution in [2.75, 3.05) is 5.32 Å². The quantitative estimate of drug-likeness (QED) is 0.883. The first-order valence-corrected chi connectivity index (χ1v) is 6.25. The number of hydrogen-bond donors (Lipinski definition) is 1. The van der Waals surface area contributed by atoms with Crippen LogP contribution in [0.3, 0.4) is 0 Å². The normalized spacial score (nSPS) is 10.3. The molecule has 4 heteroatoms. The van der Waals surface area contributed by atoms with Gasteiger partial charge in [0.15, 0.2) is 5.01 Å². The van der Waals surface area contributed by atoms with Crippen LogP contribution in [0.2, 0.25) is 0 Å². The average molecular weight is 246 g/mol. The van der Waals surface area contributed by atoms with Gasteiger partial charge >= 0.3 is 0 Å². The number of aromatic nitrogens is 1. The Morgan fingerprint density at radius 1 is 1.24 bits per heavy atom. The summed E-state index contributed by atoms with van der Waals surface area (Å²) in [4.78, 5) is 16.1. The van der Waals surface area contributed by atoms with Gasteiger partial charge in [0.1, 0.15) is 0 Å². The van der Waals surface area contributed by atoms with Gasteiger partial charge in [0.2, 0.25) is 0 Å². The maximum absolute atomic E-state index is 12.0. The fourth-order valence-corrected chi connectivity index (χ4v) is 2.33. The largest absolute Gasteiger partial charge is 0.319 e. The zero-order chi connectivity index (χ0) is 12.4. The number of carbonyl (C=O) groups is 1. The molecular weight excluding hydrogens is 232 g/mol. The molecule has 0 fully saturated rings. The maximum atomic E-state index is 12.0. The Morgan fingerprint density at radius 3 is 2.41 bits per heavy atom. The van der Waals surface area contributed by atoms with Crippen molar-refractivity contribution in [1.82, 2.24) is 4.98 Å². The van der Waals surface area contributed by atoms with E-state index in [1.807, 2.05) is 44.4 Å². The van der Waals surface area contributed by atoms with Gasteiger partial charge in [-0.15, -0.1) is 11.3 Å². The van der Waals surface area contributed by atoms with Crippen molar-refractivity contribution in [3.63, 3.8) is 0 Å². The molecule has 0 radical (unpaired) electrons. The molecule has 1 N–H and O–H groups in total. The molecule has 0 spiro atoms. The molecule has 17 heavy (non-hydrogen) atoms. The summed E-state index contributed by atoms with van der Waals surface area (Å²) in [7, 11) is 0. The van der Waals surface area contributed by atoms with Crippen molar-refractivity contribution in [3.8, 4) is 0 Å². The predicted molar refractivity (Wildman–Crippen MR) is 70.7 cm³/mol.